The van der Waals surface area contributed by atoms with Gasteiger partial charge < -0.3 is 0 Å². The number of carbonyl (C=O) groups is 5. The Balaban J connectivity index is 2.03. The van der Waals surface area contributed by atoms with Crippen LogP contribution in [0.3, 0.4) is 0 Å². The molecule has 0 bridgehead atoms. The van der Waals surface area contributed by atoms with E-state index >= 15 is 0 Å². The number of amides is 3. The number of anilines is 1. The van der Waals surface area contributed by atoms with Crippen LogP contribution in [-0.2, 0) is 19.2 Å². The van der Waals surface area contributed by atoms with Gasteiger partial charge >= 0.3 is 221 Å². The van der Waals surface area contributed by atoms with Gasteiger partial charge in [0.2, 0.25) is 0 Å². The van der Waals surface area contributed by atoms with E-state index in [1.54, 1.807) is 30.3 Å². The van der Waals surface area contributed by atoms with Gasteiger partial charge in [0.05, 0.1) is 0 Å². The number of hydrogen-bond donors (Lipinski definition) is 6. The van der Waals surface area contributed by atoms with Crippen LogP contribution in [-0.4, -0.2) is 78.1 Å². The second-order valence-electron chi connectivity index (χ2n) is 7.54. The Morgan fingerprint density at radius 3 is 2.46 bits per heavy atom. The summed E-state index contributed by atoms with van der Waals surface area (Å²) in [4.78, 5) is 59.1. The summed E-state index contributed by atoms with van der Waals surface area (Å²) in [7, 11) is 1.27. The molecular formula is C23H25FN4O7SSe. The molecule has 0 aliphatic heterocycles. The monoisotopic (exact) mass is 600 g/mol. The first-order valence-corrected chi connectivity index (χ1v) is 14.7. The van der Waals surface area contributed by atoms with E-state index in [1.807, 2.05) is 0 Å². The molecule has 2 rings (SSSR count). The summed E-state index contributed by atoms with van der Waals surface area (Å²) < 4.78 is 14.1. The molecule has 0 heterocycles. The Morgan fingerprint density at radius 1 is 1.05 bits per heavy atom. The molecule has 37 heavy (non-hydrogen) atoms. The van der Waals surface area contributed by atoms with Gasteiger partial charge in [-0.1, -0.05) is 0 Å². The van der Waals surface area contributed by atoms with E-state index in [-0.39, 0.29) is 18.6 Å². The van der Waals surface area contributed by atoms with Gasteiger partial charge in [0, 0.05) is 0 Å². The first-order chi connectivity index (χ1) is 17.6. The van der Waals surface area contributed by atoms with Crippen molar-refractivity contribution in [2.45, 2.75) is 24.9 Å². The van der Waals surface area contributed by atoms with Crippen molar-refractivity contribution < 1.29 is 38.6 Å². The molecule has 2 aromatic rings. The summed E-state index contributed by atoms with van der Waals surface area (Å²) in [5.74, 6) is -4.74. The molecule has 198 valence electrons. The molecule has 11 nitrogen and oxygen atoms in total. The average molecular weight is 599 g/mol. The van der Waals surface area contributed by atoms with Gasteiger partial charge in [0.25, 0.3) is 0 Å². The third kappa shape index (κ3) is 10.6. The Morgan fingerprint density at radius 2 is 1.78 bits per heavy atom. The van der Waals surface area contributed by atoms with Gasteiger partial charge in [-0.15, -0.1) is 0 Å². The molecule has 14 heteroatoms. The molecule has 7 N–H and O–H groups in total. The van der Waals surface area contributed by atoms with Crippen molar-refractivity contribution in [3.8, 4) is 0 Å². The van der Waals surface area contributed by atoms with Crippen molar-refractivity contribution in [1.29, 1.82) is 0 Å². The first kappa shape index (κ1) is 29.8. The Bertz CT molecular complexity index is 1150. The number of benzene rings is 2. The van der Waals surface area contributed by atoms with Crippen LogP contribution in [0.2, 0.25) is 0 Å². The SMILES string of the molecule is NC(CCC(=O)NC(CS[Se]c1ccccc1C(=O)Nc1cccc(F)c1)C(=O)NCC(=O)O)C(=O)O. The number of carboxylic acid groups (broad SMARTS) is 2. The van der Waals surface area contributed by atoms with Crippen molar-refractivity contribution in [3.05, 3.63) is 59.9 Å². The van der Waals surface area contributed by atoms with E-state index in [9.17, 15) is 28.4 Å². The quantitative estimate of drug-likeness (QED) is 0.162. The van der Waals surface area contributed by atoms with Crippen LogP contribution < -0.4 is 26.1 Å². The van der Waals surface area contributed by atoms with Crippen LogP contribution in [0.5, 0.6) is 0 Å². The van der Waals surface area contributed by atoms with E-state index < -0.39 is 67.9 Å². The van der Waals surface area contributed by atoms with E-state index in [0.29, 0.717) is 15.7 Å². The zero-order valence-corrected chi connectivity index (χ0v) is 21.8. The van der Waals surface area contributed by atoms with Gasteiger partial charge in [-0.25, -0.2) is 0 Å². The van der Waals surface area contributed by atoms with E-state index in [2.05, 4.69) is 16.0 Å². The van der Waals surface area contributed by atoms with Crippen LogP contribution in [0.1, 0.15) is 23.2 Å². The maximum atomic E-state index is 13.4. The molecule has 0 aliphatic rings. The molecule has 2 aromatic carbocycles. The van der Waals surface area contributed by atoms with Crippen LogP contribution >= 0.6 is 10.2 Å². The van der Waals surface area contributed by atoms with Gasteiger partial charge in [-0.3, -0.25) is 0 Å². The number of aliphatic carboxylic acids is 2. The van der Waals surface area contributed by atoms with Gasteiger partial charge in [-0.05, 0) is 0 Å². The third-order valence-corrected chi connectivity index (χ3v) is 8.90. The fourth-order valence-corrected chi connectivity index (χ4v) is 7.01. The Kier molecular flexibility index (Phi) is 12.0. The molecule has 0 radical (unpaired) electrons. The number of carbonyl (C=O) groups excluding carboxylic acids is 3. The predicted molar refractivity (Wildman–Crippen MR) is 136 cm³/mol. The second kappa shape index (κ2) is 15.0. The number of carboxylic acids is 2. The predicted octanol–water partition coefficient (Wildman–Crippen LogP) is -0.0666. The number of hydrogen-bond acceptors (Lipinski definition) is 7. The molecule has 3 amide bonds. The average Bonchev–Trinajstić information content (AvgIpc) is 2.85. The van der Waals surface area contributed by atoms with Crippen LogP contribution in [0, 0.1) is 5.82 Å². The molecular weight excluding hydrogens is 574 g/mol. The molecule has 0 aromatic heterocycles. The fraction of sp³-hybridized carbons (Fsp3) is 0.261. The van der Waals surface area contributed by atoms with E-state index in [0.717, 1.165) is 0 Å². The number of nitrogens with one attached hydrogen (secondary N) is 3. The van der Waals surface area contributed by atoms with Crippen molar-refractivity contribution in [1.82, 2.24) is 10.6 Å². The molecule has 0 saturated heterocycles. The topological polar surface area (TPSA) is 188 Å². The second-order valence-corrected chi connectivity index (χ2v) is 11.7. The van der Waals surface area contributed by atoms with Gasteiger partial charge in [0.15, 0.2) is 0 Å². The zero-order valence-electron chi connectivity index (χ0n) is 19.3. The van der Waals surface area contributed by atoms with Crippen LogP contribution in [0.15, 0.2) is 48.5 Å². The van der Waals surface area contributed by atoms with Crippen LogP contribution in [0.25, 0.3) is 0 Å². The van der Waals surface area contributed by atoms with E-state index in [1.165, 1.54) is 28.4 Å². The summed E-state index contributed by atoms with van der Waals surface area (Å²) in [5, 5.41) is 25.0. The molecule has 0 saturated carbocycles. The minimum atomic E-state index is -1.26. The summed E-state index contributed by atoms with van der Waals surface area (Å²) in [5.41, 5.74) is 6.05. The normalized spacial score (nSPS) is 12.2. The number of nitrogens with two attached hydrogens (primary N) is 1. The molecule has 0 aliphatic carbocycles. The van der Waals surface area contributed by atoms with Gasteiger partial charge in [-0.2, -0.15) is 0 Å². The third-order valence-electron chi connectivity index (χ3n) is 4.66. The van der Waals surface area contributed by atoms with Crippen molar-refractivity contribution in [3.63, 3.8) is 0 Å². The number of halogens is 1. The summed E-state index contributed by atoms with van der Waals surface area (Å²) >= 11 is -0.405. The molecule has 2 atom stereocenters. The first-order valence-electron chi connectivity index (χ1n) is 10.8. The van der Waals surface area contributed by atoms with Crippen molar-refractivity contribution in [2.75, 3.05) is 17.6 Å². The van der Waals surface area contributed by atoms with Crippen LogP contribution in [0.4, 0.5) is 10.1 Å². The Hall–Kier alpha value is -3.45. The zero-order chi connectivity index (χ0) is 27.4. The maximum absolute atomic E-state index is 13.4. The molecule has 0 spiro atoms. The van der Waals surface area contributed by atoms with Gasteiger partial charge in [0.1, 0.15) is 0 Å². The van der Waals surface area contributed by atoms with E-state index in [4.69, 9.17) is 15.9 Å². The fourth-order valence-electron chi connectivity index (χ4n) is 2.80. The summed E-state index contributed by atoms with van der Waals surface area (Å²) in [6.07, 6.45) is -0.384. The summed E-state index contributed by atoms with van der Waals surface area (Å²) in [6, 6.07) is 9.88. The Labute approximate surface area is 221 Å². The minimum absolute atomic E-state index is 0.0576. The molecule has 2 unspecified atom stereocenters. The standard InChI is InChI=1S/C23H25FN4O7SSe/c24-13-4-3-5-14(10-13)27-21(32)15-6-1-2-7-18(15)37-36-12-17(22(33)26-11-20(30)31)28-19(29)9-8-16(25)23(34)35/h1-7,10,16-17H,8-9,11-12,25H2,(H,26,33)(H,27,32)(H,28,29)(H,30,31)(H,34,35). The molecule has 0 fully saturated rings. The van der Waals surface area contributed by atoms with Crippen molar-refractivity contribution >= 4 is 63.8 Å². The van der Waals surface area contributed by atoms with Crippen molar-refractivity contribution in [2.24, 2.45) is 5.73 Å². The summed E-state index contributed by atoms with van der Waals surface area (Å²) in [6.45, 7) is -0.645. The number of rotatable bonds is 14.